The summed E-state index contributed by atoms with van der Waals surface area (Å²) in [5.74, 6) is 1.79. The SMILES string of the molecule is Cc1nnc(SCC(=O)NCCC(C)C)n1-c1ccccc1. The Morgan fingerprint density at radius 3 is 2.68 bits per heavy atom. The molecule has 0 aliphatic heterocycles. The van der Waals surface area contributed by atoms with Crippen molar-refractivity contribution < 1.29 is 4.79 Å². The number of nitrogens with zero attached hydrogens (tertiary/aromatic N) is 3. The molecule has 5 nitrogen and oxygen atoms in total. The van der Waals surface area contributed by atoms with E-state index in [1.165, 1.54) is 11.8 Å². The quantitative estimate of drug-likeness (QED) is 0.798. The molecule has 2 aromatic rings. The molecule has 1 amide bonds. The van der Waals surface area contributed by atoms with Crippen LogP contribution in [0.15, 0.2) is 35.5 Å². The molecule has 1 aromatic heterocycles. The van der Waals surface area contributed by atoms with E-state index in [0.717, 1.165) is 29.6 Å². The highest BCUT2D eigenvalue weighted by Gasteiger charge is 2.13. The number of rotatable bonds is 7. The van der Waals surface area contributed by atoms with Gasteiger partial charge in [-0.3, -0.25) is 9.36 Å². The largest absolute Gasteiger partial charge is 0.355 e. The standard InChI is InChI=1S/C16H22N4OS/c1-12(2)9-10-17-15(21)11-22-16-19-18-13(3)20(16)14-7-5-4-6-8-14/h4-8,12H,9-11H2,1-3H3,(H,17,21). The number of thioether (sulfide) groups is 1. The number of aryl methyl sites for hydroxylation is 1. The molecule has 1 heterocycles. The Morgan fingerprint density at radius 2 is 2.00 bits per heavy atom. The lowest BCUT2D eigenvalue weighted by Gasteiger charge is -2.09. The first-order valence-corrected chi connectivity index (χ1v) is 8.43. The molecule has 0 spiro atoms. The molecule has 0 saturated carbocycles. The van der Waals surface area contributed by atoms with E-state index >= 15 is 0 Å². The lowest BCUT2D eigenvalue weighted by molar-refractivity contribution is -0.118. The topological polar surface area (TPSA) is 59.8 Å². The van der Waals surface area contributed by atoms with Crippen molar-refractivity contribution >= 4 is 17.7 Å². The molecule has 22 heavy (non-hydrogen) atoms. The molecule has 2 rings (SSSR count). The van der Waals surface area contributed by atoms with Crippen LogP contribution < -0.4 is 5.32 Å². The smallest absolute Gasteiger partial charge is 0.230 e. The Kier molecular flexibility index (Phi) is 6.00. The fourth-order valence-corrected chi connectivity index (χ4v) is 2.82. The van der Waals surface area contributed by atoms with Gasteiger partial charge in [-0.25, -0.2) is 0 Å². The molecule has 1 N–H and O–H groups in total. The number of carbonyl (C=O) groups excluding carboxylic acids is 1. The van der Waals surface area contributed by atoms with Crippen LogP contribution in [0.2, 0.25) is 0 Å². The summed E-state index contributed by atoms with van der Waals surface area (Å²) in [5, 5.41) is 12.0. The molecule has 0 fully saturated rings. The summed E-state index contributed by atoms with van der Waals surface area (Å²) in [5.41, 5.74) is 1.01. The minimum atomic E-state index is 0.0333. The van der Waals surface area contributed by atoms with Crippen molar-refractivity contribution in [1.82, 2.24) is 20.1 Å². The number of carbonyl (C=O) groups is 1. The van der Waals surface area contributed by atoms with Gasteiger partial charge in [-0.1, -0.05) is 43.8 Å². The predicted molar refractivity (Wildman–Crippen MR) is 89.3 cm³/mol. The molecule has 0 atom stereocenters. The summed E-state index contributed by atoms with van der Waals surface area (Å²) < 4.78 is 1.96. The van der Waals surface area contributed by atoms with Gasteiger partial charge < -0.3 is 5.32 Å². The van der Waals surface area contributed by atoms with E-state index < -0.39 is 0 Å². The third-order valence-corrected chi connectivity index (χ3v) is 4.11. The van der Waals surface area contributed by atoms with Crippen molar-refractivity contribution in [3.05, 3.63) is 36.2 Å². The number of nitrogens with one attached hydrogen (secondary N) is 1. The number of amides is 1. The van der Waals surface area contributed by atoms with Crippen molar-refractivity contribution in [3.8, 4) is 5.69 Å². The minimum absolute atomic E-state index is 0.0333. The van der Waals surface area contributed by atoms with E-state index in [4.69, 9.17) is 0 Å². The monoisotopic (exact) mass is 318 g/mol. The fourth-order valence-electron chi connectivity index (χ4n) is 1.99. The van der Waals surface area contributed by atoms with Crippen LogP contribution in [0, 0.1) is 12.8 Å². The van der Waals surface area contributed by atoms with Gasteiger partial charge in [0.15, 0.2) is 5.16 Å². The number of hydrogen-bond donors (Lipinski definition) is 1. The maximum atomic E-state index is 11.9. The van der Waals surface area contributed by atoms with Crippen LogP contribution in [-0.2, 0) is 4.79 Å². The molecule has 0 saturated heterocycles. The second-order valence-electron chi connectivity index (χ2n) is 5.52. The summed E-state index contributed by atoms with van der Waals surface area (Å²) in [6, 6.07) is 9.92. The van der Waals surface area contributed by atoms with Gasteiger partial charge in [-0.2, -0.15) is 0 Å². The first-order chi connectivity index (χ1) is 10.6. The van der Waals surface area contributed by atoms with Crippen LogP contribution in [-0.4, -0.2) is 33.0 Å². The Hall–Kier alpha value is -1.82. The Balaban J connectivity index is 1.95. The Bertz CT molecular complexity index is 610. The summed E-state index contributed by atoms with van der Waals surface area (Å²) in [4.78, 5) is 11.9. The zero-order valence-corrected chi connectivity index (χ0v) is 14.1. The van der Waals surface area contributed by atoms with E-state index in [-0.39, 0.29) is 5.91 Å². The third kappa shape index (κ3) is 4.59. The van der Waals surface area contributed by atoms with E-state index in [9.17, 15) is 4.79 Å². The van der Waals surface area contributed by atoms with Gasteiger partial charge in [0.05, 0.1) is 5.75 Å². The zero-order valence-electron chi connectivity index (χ0n) is 13.2. The maximum absolute atomic E-state index is 11.9. The lowest BCUT2D eigenvalue weighted by Crippen LogP contribution is -2.27. The average molecular weight is 318 g/mol. The van der Waals surface area contributed by atoms with E-state index in [2.05, 4.69) is 29.4 Å². The second-order valence-corrected chi connectivity index (χ2v) is 6.46. The Labute approximate surface area is 135 Å². The van der Waals surface area contributed by atoms with E-state index in [1.807, 2.05) is 41.8 Å². The number of hydrogen-bond acceptors (Lipinski definition) is 4. The summed E-state index contributed by atoms with van der Waals surface area (Å²) in [6.45, 7) is 6.92. The van der Waals surface area contributed by atoms with Gasteiger partial charge in [-0.05, 0) is 31.4 Å². The number of aromatic nitrogens is 3. The highest BCUT2D eigenvalue weighted by molar-refractivity contribution is 7.99. The molecule has 0 aliphatic carbocycles. The molecular formula is C16H22N4OS. The van der Waals surface area contributed by atoms with Gasteiger partial charge in [0.2, 0.25) is 5.91 Å². The zero-order chi connectivity index (χ0) is 15.9. The molecule has 0 radical (unpaired) electrons. The van der Waals surface area contributed by atoms with Crippen molar-refractivity contribution in [1.29, 1.82) is 0 Å². The first kappa shape index (κ1) is 16.5. The summed E-state index contributed by atoms with van der Waals surface area (Å²) in [6.07, 6.45) is 0.996. The minimum Gasteiger partial charge on any atom is -0.355 e. The molecule has 0 unspecified atom stereocenters. The molecule has 1 aromatic carbocycles. The fraction of sp³-hybridized carbons (Fsp3) is 0.438. The number of benzene rings is 1. The van der Waals surface area contributed by atoms with Gasteiger partial charge in [0, 0.05) is 12.2 Å². The van der Waals surface area contributed by atoms with Crippen molar-refractivity contribution in [3.63, 3.8) is 0 Å². The van der Waals surface area contributed by atoms with E-state index in [1.54, 1.807) is 0 Å². The van der Waals surface area contributed by atoms with Crippen LogP contribution in [0.4, 0.5) is 0 Å². The highest BCUT2D eigenvalue weighted by Crippen LogP contribution is 2.21. The van der Waals surface area contributed by atoms with Crippen molar-refractivity contribution in [2.75, 3.05) is 12.3 Å². The normalized spacial score (nSPS) is 10.9. The van der Waals surface area contributed by atoms with Crippen LogP contribution in [0.25, 0.3) is 5.69 Å². The van der Waals surface area contributed by atoms with Crippen LogP contribution in [0.5, 0.6) is 0 Å². The first-order valence-electron chi connectivity index (χ1n) is 7.45. The van der Waals surface area contributed by atoms with Gasteiger partial charge >= 0.3 is 0 Å². The maximum Gasteiger partial charge on any atom is 0.230 e. The van der Waals surface area contributed by atoms with Gasteiger partial charge in [-0.15, -0.1) is 10.2 Å². The molecule has 118 valence electrons. The average Bonchev–Trinajstić information content (AvgIpc) is 2.86. The third-order valence-electron chi connectivity index (χ3n) is 3.19. The van der Waals surface area contributed by atoms with Crippen LogP contribution in [0.3, 0.4) is 0 Å². The molecule has 0 aliphatic rings. The summed E-state index contributed by atoms with van der Waals surface area (Å²) in [7, 11) is 0. The Morgan fingerprint density at radius 1 is 1.27 bits per heavy atom. The van der Waals surface area contributed by atoms with E-state index in [0.29, 0.717) is 11.7 Å². The summed E-state index contributed by atoms with van der Waals surface area (Å²) >= 11 is 1.41. The lowest BCUT2D eigenvalue weighted by atomic mass is 10.1. The van der Waals surface area contributed by atoms with Crippen molar-refractivity contribution in [2.24, 2.45) is 5.92 Å². The number of para-hydroxylation sites is 1. The predicted octanol–water partition coefficient (Wildman–Crippen LogP) is 2.83. The molecular weight excluding hydrogens is 296 g/mol. The van der Waals surface area contributed by atoms with Crippen molar-refractivity contribution in [2.45, 2.75) is 32.3 Å². The van der Waals surface area contributed by atoms with Gasteiger partial charge in [0.25, 0.3) is 0 Å². The van der Waals surface area contributed by atoms with Crippen LogP contribution >= 0.6 is 11.8 Å². The molecule has 6 heteroatoms. The highest BCUT2D eigenvalue weighted by atomic mass is 32.2. The second kappa shape index (κ2) is 7.98. The van der Waals surface area contributed by atoms with Gasteiger partial charge in [0.1, 0.15) is 5.82 Å². The molecule has 0 bridgehead atoms. The van der Waals surface area contributed by atoms with Crippen LogP contribution in [0.1, 0.15) is 26.1 Å².